The third-order valence-electron chi connectivity index (χ3n) is 2.91. The largest absolute Gasteiger partial charge is 0.380 e. The third-order valence-corrected chi connectivity index (χ3v) is 3.78. The topological polar surface area (TPSA) is 50.3 Å². The van der Waals surface area contributed by atoms with E-state index >= 15 is 0 Å². The molecular formula is C11H20N4OS. The second-order valence-electron chi connectivity index (χ2n) is 4.31. The Morgan fingerprint density at radius 2 is 2.41 bits per heavy atom. The second kappa shape index (κ2) is 6.28. The normalized spacial score (nSPS) is 20.9. The first-order valence-corrected chi connectivity index (χ1v) is 6.95. The fourth-order valence-electron chi connectivity index (χ4n) is 1.95. The first kappa shape index (κ1) is 12.7. The van der Waals surface area contributed by atoms with E-state index in [0.717, 1.165) is 49.2 Å². The van der Waals surface area contributed by atoms with Gasteiger partial charge in [-0.05, 0) is 12.8 Å². The van der Waals surface area contributed by atoms with Gasteiger partial charge in [-0.3, -0.25) is 4.90 Å². The number of aromatic nitrogens is 2. The van der Waals surface area contributed by atoms with Crippen LogP contribution in [0.4, 0.5) is 5.13 Å². The quantitative estimate of drug-likeness (QED) is 0.837. The van der Waals surface area contributed by atoms with Gasteiger partial charge in [0.1, 0.15) is 5.01 Å². The highest BCUT2D eigenvalue weighted by Crippen LogP contribution is 2.20. The number of ether oxygens (including phenoxy) is 1. The molecule has 0 radical (unpaired) electrons. The summed E-state index contributed by atoms with van der Waals surface area (Å²) in [6, 6.07) is 0. The molecule has 1 N–H and O–H groups in total. The Morgan fingerprint density at radius 3 is 3.12 bits per heavy atom. The number of rotatable bonds is 6. The Bertz CT molecular complexity index is 344. The zero-order chi connectivity index (χ0) is 12.1. The molecule has 0 bridgehead atoms. The predicted octanol–water partition coefficient (Wildman–Crippen LogP) is 1.58. The zero-order valence-corrected chi connectivity index (χ0v) is 11.3. The van der Waals surface area contributed by atoms with Gasteiger partial charge in [0.2, 0.25) is 5.13 Å². The van der Waals surface area contributed by atoms with E-state index in [1.807, 2.05) is 0 Å². The Balaban J connectivity index is 1.80. The third kappa shape index (κ3) is 3.62. The van der Waals surface area contributed by atoms with Crippen molar-refractivity contribution in [1.29, 1.82) is 0 Å². The Kier molecular flexibility index (Phi) is 4.70. The number of nitrogens with zero attached hydrogens (tertiary/aromatic N) is 3. The van der Waals surface area contributed by atoms with Crippen molar-refractivity contribution in [1.82, 2.24) is 15.1 Å². The van der Waals surface area contributed by atoms with Crippen molar-refractivity contribution in [3.8, 4) is 0 Å². The standard InChI is InChI=1S/C11H20N4OS/c1-3-5-12-11-14-13-10(17-11)8-15-6-4-9(7-15)16-2/h9H,3-8H2,1-2H3,(H,12,14). The van der Waals surface area contributed by atoms with Gasteiger partial charge in [-0.15, -0.1) is 10.2 Å². The maximum atomic E-state index is 5.35. The zero-order valence-electron chi connectivity index (χ0n) is 10.5. The predicted molar refractivity (Wildman–Crippen MR) is 69.4 cm³/mol. The van der Waals surface area contributed by atoms with Gasteiger partial charge in [-0.2, -0.15) is 0 Å². The van der Waals surface area contributed by atoms with Crippen LogP contribution in [0.2, 0.25) is 0 Å². The summed E-state index contributed by atoms with van der Waals surface area (Å²) in [7, 11) is 1.78. The van der Waals surface area contributed by atoms with E-state index < -0.39 is 0 Å². The van der Waals surface area contributed by atoms with Crippen LogP contribution in [0.1, 0.15) is 24.8 Å². The van der Waals surface area contributed by atoms with Gasteiger partial charge in [0.15, 0.2) is 0 Å². The molecule has 0 saturated carbocycles. The monoisotopic (exact) mass is 256 g/mol. The van der Waals surface area contributed by atoms with Crippen molar-refractivity contribution >= 4 is 16.5 Å². The minimum atomic E-state index is 0.389. The van der Waals surface area contributed by atoms with Gasteiger partial charge >= 0.3 is 0 Å². The van der Waals surface area contributed by atoms with Gasteiger partial charge in [-0.25, -0.2) is 0 Å². The van der Waals surface area contributed by atoms with Gasteiger partial charge in [0.05, 0.1) is 12.6 Å². The lowest BCUT2D eigenvalue weighted by Gasteiger charge is -2.12. The molecule has 1 aliphatic heterocycles. The maximum absolute atomic E-state index is 5.35. The highest BCUT2D eigenvalue weighted by molar-refractivity contribution is 7.15. The first-order valence-electron chi connectivity index (χ1n) is 6.13. The SMILES string of the molecule is CCCNc1nnc(CN2CCC(OC)C2)s1. The average Bonchev–Trinajstić information content (AvgIpc) is 2.96. The molecule has 1 fully saturated rings. The Morgan fingerprint density at radius 1 is 1.53 bits per heavy atom. The summed E-state index contributed by atoms with van der Waals surface area (Å²) in [5.74, 6) is 0. The van der Waals surface area contributed by atoms with Crippen LogP contribution >= 0.6 is 11.3 Å². The van der Waals surface area contributed by atoms with E-state index in [2.05, 4.69) is 27.3 Å². The summed E-state index contributed by atoms with van der Waals surface area (Å²) in [6.07, 6.45) is 2.62. The highest BCUT2D eigenvalue weighted by Gasteiger charge is 2.22. The smallest absolute Gasteiger partial charge is 0.205 e. The number of hydrogen-bond donors (Lipinski definition) is 1. The van der Waals surface area contributed by atoms with Crippen LogP contribution in [0.5, 0.6) is 0 Å². The lowest BCUT2D eigenvalue weighted by Crippen LogP contribution is -2.22. The van der Waals surface area contributed by atoms with Gasteiger partial charge in [0.25, 0.3) is 0 Å². The first-order chi connectivity index (χ1) is 8.31. The Hall–Kier alpha value is -0.720. The molecule has 0 aromatic carbocycles. The summed E-state index contributed by atoms with van der Waals surface area (Å²) >= 11 is 1.65. The van der Waals surface area contributed by atoms with Crippen molar-refractivity contribution in [2.75, 3.05) is 32.1 Å². The molecule has 0 aliphatic carbocycles. The number of nitrogens with one attached hydrogen (secondary N) is 1. The number of likely N-dealkylation sites (tertiary alicyclic amines) is 1. The molecule has 1 unspecified atom stereocenters. The van der Waals surface area contributed by atoms with Gasteiger partial charge in [0, 0.05) is 26.7 Å². The number of hydrogen-bond acceptors (Lipinski definition) is 6. The van der Waals surface area contributed by atoms with Gasteiger partial charge < -0.3 is 10.1 Å². The highest BCUT2D eigenvalue weighted by atomic mass is 32.1. The molecule has 1 aromatic rings. The average molecular weight is 256 g/mol. The molecule has 2 heterocycles. The second-order valence-corrected chi connectivity index (χ2v) is 5.37. The van der Waals surface area contributed by atoms with Crippen LogP contribution in [0, 0.1) is 0 Å². The lowest BCUT2D eigenvalue weighted by molar-refractivity contribution is 0.107. The summed E-state index contributed by atoms with van der Waals surface area (Å²) in [6.45, 7) is 6.10. The molecule has 96 valence electrons. The molecular weight excluding hydrogens is 236 g/mol. The summed E-state index contributed by atoms with van der Waals surface area (Å²) in [4.78, 5) is 2.37. The molecule has 17 heavy (non-hydrogen) atoms. The van der Waals surface area contributed by atoms with Crippen LogP contribution < -0.4 is 5.32 Å². The fourth-order valence-corrected chi connectivity index (χ4v) is 2.75. The molecule has 2 rings (SSSR count). The molecule has 0 spiro atoms. The minimum absolute atomic E-state index is 0.389. The molecule has 0 amide bonds. The molecule has 1 atom stereocenters. The van der Waals surface area contributed by atoms with E-state index in [9.17, 15) is 0 Å². The maximum Gasteiger partial charge on any atom is 0.205 e. The van der Waals surface area contributed by atoms with Crippen LogP contribution in [0.3, 0.4) is 0 Å². The van der Waals surface area contributed by atoms with Crippen LogP contribution in [0.25, 0.3) is 0 Å². The van der Waals surface area contributed by atoms with Crippen molar-refractivity contribution in [3.05, 3.63) is 5.01 Å². The van der Waals surface area contributed by atoms with E-state index in [0.29, 0.717) is 6.10 Å². The van der Waals surface area contributed by atoms with E-state index in [1.54, 1.807) is 18.4 Å². The Labute approximate surface area is 106 Å². The van der Waals surface area contributed by atoms with Crippen molar-refractivity contribution in [3.63, 3.8) is 0 Å². The fraction of sp³-hybridized carbons (Fsp3) is 0.818. The molecule has 1 aliphatic rings. The number of methoxy groups -OCH3 is 1. The van der Waals surface area contributed by atoms with Crippen LogP contribution in [0.15, 0.2) is 0 Å². The molecule has 5 nitrogen and oxygen atoms in total. The number of anilines is 1. The van der Waals surface area contributed by atoms with E-state index in [-0.39, 0.29) is 0 Å². The molecule has 6 heteroatoms. The van der Waals surface area contributed by atoms with Crippen molar-refractivity contribution in [2.24, 2.45) is 0 Å². The lowest BCUT2D eigenvalue weighted by atomic mass is 10.3. The summed E-state index contributed by atoms with van der Waals surface area (Å²) < 4.78 is 5.35. The van der Waals surface area contributed by atoms with Crippen LogP contribution in [-0.4, -0.2) is 47.9 Å². The minimum Gasteiger partial charge on any atom is -0.380 e. The molecule has 1 aromatic heterocycles. The van der Waals surface area contributed by atoms with Gasteiger partial charge in [-0.1, -0.05) is 18.3 Å². The van der Waals surface area contributed by atoms with E-state index in [4.69, 9.17) is 4.74 Å². The summed E-state index contributed by atoms with van der Waals surface area (Å²) in [5, 5.41) is 13.6. The van der Waals surface area contributed by atoms with Crippen molar-refractivity contribution in [2.45, 2.75) is 32.4 Å². The summed E-state index contributed by atoms with van der Waals surface area (Å²) in [5.41, 5.74) is 0. The van der Waals surface area contributed by atoms with E-state index in [1.165, 1.54) is 0 Å². The van der Waals surface area contributed by atoms with Crippen LogP contribution in [-0.2, 0) is 11.3 Å². The van der Waals surface area contributed by atoms with Crippen molar-refractivity contribution < 1.29 is 4.74 Å². The molecule has 1 saturated heterocycles.